The van der Waals surface area contributed by atoms with Gasteiger partial charge in [0.1, 0.15) is 5.82 Å². The molecule has 1 fully saturated rings. The Morgan fingerprint density at radius 1 is 1.20 bits per heavy atom. The topological polar surface area (TPSA) is 90.3 Å². The van der Waals surface area contributed by atoms with Crippen molar-refractivity contribution in [3.8, 4) is 0 Å². The van der Waals surface area contributed by atoms with Gasteiger partial charge < -0.3 is 15.0 Å². The minimum Gasteiger partial charge on any atom is -0.390 e. The van der Waals surface area contributed by atoms with Gasteiger partial charge in [-0.1, -0.05) is 6.07 Å². The van der Waals surface area contributed by atoms with Crippen molar-refractivity contribution in [2.75, 3.05) is 22.9 Å². The van der Waals surface area contributed by atoms with Crippen molar-refractivity contribution in [1.82, 2.24) is 19.7 Å². The molecule has 4 aromatic rings. The smallest absolute Gasteiger partial charge is 0.280 e. The molecule has 1 atom stereocenters. The summed E-state index contributed by atoms with van der Waals surface area (Å²) >= 11 is 0. The van der Waals surface area contributed by atoms with Crippen LogP contribution in [0.1, 0.15) is 39.8 Å². The number of imidazole rings is 1. The largest absolute Gasteiger partial charge is 0.390 e. The molecule has 11 heteroatoms. The number of aliphatic hydroxyl groups excluding tert-OH is 1. The van der Waals surface area contributed by atoms with Gasteiger partial charge in [-0.05, 0) is 30.3 Å². The predicted molar refractivity (Wildman–Crippen MR) is 122 cm³/mol. The van der Waals surface area contributed by atoms with Crippen LogP contribution >= 0.6 is 0 Å². The van der Waals surface area contributed by atoms with Crippen molar-refractivity contribution in [1.29, 1.82) is 0 Å². The van der Waals surface area contributed by atoms with Gasteiger partial charge in [-0.3, -0.25) is 14.4 Å². The summed E-state index contributed by atoms with van der Waals surface area (Å²) < 4.78 is 44.5. The number of aliphatic hydroxyl groups is 1. The van der Waals surface area contributed by atoms with E-state index in [-0.39, 0.29) is 24.2 Å². The normalized spacial score (nSPS) is 19.2. The van der Waals surface area contributed by atoms with E-state index in [1.807, 2.05) is 0 Å². The number of aryl methyl sites for hydroxylation is 1. The first kappa shape index (κ1) is 21.7. The number of aromatic nitrogens is 4. The number of halogens is 3. The summed E-state index contributed by atoms with van der Waals surface area (Å²) in [4.78, 5) is 23.6. The number of hydrogen-bond donors (Lipinski definition) is 2. The maximum Gasteiger partial charge on any atom is 0.280 e. The Bertz CT molecular complexity index is 1480. The average molecular weight is 482 g/mol. The minimum absolute atomic E-state index is 0.130. The third kappa shape index (κ3) is 3.29. The molecule has 4 heterocycles. The van der Waals surface area contributed by atoms with E-state index in [1.54, 1.807) is 31.3 Å². The van der Waals surface area contributed by atoms with E-state index < -0.39 is 36.8 Å². The lowest BCUT2D eigenvalue weighted by Crippen LogP contribution is -2.30. The van der Waals surface area contributed by atoms with Crippen molar-refractivity contribution >= 4 is 28.3 Å². The number of H-pyrrole nitrogens is 1. The lowest BCUT2D eigenvalue weighted by molar-refractivity contribution is 0.0257. The molecule has 1 unspecified atom stereocenters. The van der Waals surface area contributed by atoms with Crippen LogP contribution in [0.3, 0.4) is 0 Å². The Morgan fingerprint density at radius 3 is 2.71 bits per heavy atom. The fourth-order valence-electron chi connectivity index (χ4n) is 5.09. The summed E-state index contributed by atoms with van der Waals surface area (Å²) in [6, 6.07) is 8.65. The van der Waals surface area contributed by atoms with E-state index in [0.717, 1.165) is 0 Å². The zero-order valence-corrected chi connectivity index (χ0v) is 18.7. The highest BCUT2D eigenvalue weighted by atomic mass is 19.3. The molecular weight excluding hydrogens is 461 g/mol. The van der Waals surface area contributed by atoms with Gasteiger partial charge in [-0.15, -0.1) is 0 Å². The van der Waals surface area contributed by atoms with E-state index in [1.165, 1.54) is 32.9 Å². The molecule has 2 N–H and O–H groups in total. The molecule has 2 aliphatic rings. The molecule has 2 aromatic carbocycles. The van der Waals surface area contributed by atoms with Gasteiger partial charge in [0.15, 0.2) is 5.69 Å². The van der Waals surface area contributed by atoms with Gasteiger partial charge in [0.25, 0.3) is 11.8 Å². The van der Waals surface area contributed by atoms with E-state index in [9.17, 15) is 18.7 Å². The molecule has 6 rings (SSSR count). The Morgan fingerprint density at radius 2 is 2.00 bits per heavy atom. The van der Waals surface area contributed by atoms with Crippen LogP contribution in [0.5, 0.6) is 0 Å². The Kier molecular flexibility index (Phi) is 4.69. The van der Waals surface area contributed by atoms with Crippen LogP contribution < -0.4 is 9.80 Å². The summed E-state index contributed by atoms with van der Waals surface area (Å²) in [5, 5.41) is 14.3. The molecule has 1 saturated heterocycles. The molecule has 2 aliphatic heterocycles. The highest BCUT2D eigenvalue weighted by Crippen LogP contribution is 2.45. The highest BCUT2D eigenvalue weighted by molar-refractivity contribution is 6.11. The Labute approximate surface area is 197 Å². The lowest BCUT2D eigenvalue weighted by atomic mass is 9.97. The maximum absolute atomic E-state index is 15.6. The van der Waals surface area contributed by atoms with Crippen LogP contribution in [0.25, 0.3) is 11.0 Å². The molecule has 1 amide bonds. The fourth-order valence-corrected chi connectivity index (χ4v) is 5.09. The molecule has 2 aromatic heterocycles. The molecule has 8 nitrogen and oxygen atoms in total. The fraction of sp³-hybridized carbons (Fsp3) is 0.292. The van der Waals surface area contributed by atoms with Crippen LogP contribution in [0.2, 0.25) is 0 Å². The van der Waals surface area contributed by atoms with Crippen LogP contribution in [0.4, 0.5) is 24.5 Å². The third-order valence-corrected chi connectivity index (χ3v) is 6.80. The summed E-state index contributed by atoms with van der Waals surface area (Å²) in [7, 11) is 1.61. The molecule has 0 saturated carbocycles. The first-order chi connectivity index (χ1) is 16.8. The van der Waals surface area contributed by atoms with E-state index >= 15 is 4.39 Å². The standard InChI is InChI=1S/C24H21F3N6O2/c1-31-19(10-34)20-21(30-31)23(35)33(14-3-5-17-18(9-14)29-12-28-17)22(20)15-4-2-13(8-16(15)25)32-7-6-24(26,27)11-32/h2-5,8-9,12,22,34H,6-7,10-11H2,1H3,(H,28,29). The second kappa shape index (κ2) is 7.57. The molecule has 180 valence electrons. The van der Waals surface area contributed by atoms with E-state index in [0.29, 0.717) is 33.7 Å². The predicted octanol–water partition coefficient (Wildman–Crippen LogP) is 3.52. The summed E-state index contributed by atoms with van der Waals surface area (Å²) in [5.74, 6) is -3.87. The van der Waals surface area contributed by atoms with Crippen molar-refractivity contribution < 1.29 is 23.1 Å². The number of carbonyl (C=O) groups is 1. The summed E-state index contributed by atoms with van der Waals surface area (Å²) in [6.07, 6.45) is 1.26. The number of fused-ring (bicyclic) bond motifs is 2. The number of rotatable bonds is 4. The second-order valence-corrected chi connectivity index (χ2v) is 8.91. The van der Waals surface area contributed by atoms with Crippen LogP contribution in [0.15, 0.2) is 42.7 Å². The van der Waals surface area contributed by atoms with Crippen LogP contribution in [-0.4, -0.2) is 49.8 Å². The molecule has 0 aliphatic carbocycles. The zero-order valence-electron chi connectivity index (χ0n) is 18.7. The summed E-state index contributed by atoms with van der Waals surface area (Å²) in [5.41, 5.74) is 3.40. The molecule has 35 heavy (non-hydrogen) atoms. The number of nitrogens with one attached hydrogen (secondary N) is 1. The van der Waals surface area contributed by atoms with Crippen molar-refractivity contribution in [3.05, 3.63) is 71.1 Å². The van der Waals surface area contributed by atoms with Crippen molar-refractivity contribution in [2.45, 2.75) is 25.0 Å². The number of amides is 1. The van der Waals surface area contributed by atoms with Crippen LogP contribution in [-0.2, 0) is 13.7 Å². The number of anilines is 2. The lowest BCUT2D eigenvalue weighted by Gasteiger charge is -2.28. The minimum atomic E-state index is -2.81. The van der Waals surface area contributed by atoms with Gasteiger partial charge in [0.2, 0.25) is 0 Å². The highest BCUT2D eigenvalue weighted by Gasteiger charge is 2.45. The van der Waals surface area contributed by atoms with Gasteiger partial charge in [0, 0.05) is 42.5 Å². The quantitative estimate of drug-likeness (QED) is 0.465. The monoisotopic (exact) mass is 482 g/mol. The Balaban J connectivity index is 1.48. The number of carbonyl (C=O) groups excluding carboxylic acids is 1. The van der Waals surface area contributed by atoms with Gasteiger partial charge in [0.05, 0.1) is 42.2 Å². The molecule has 0 spiro atoms. The molecule has 0 radical (unpaired) electrons. The SMILES string of the molecule is Cn1nc2c(c1CO)C(c1ccc(N3CCC(F)(F)C3)cc1F)N(c1ccc3nc[nH]c3c1)C2=O. The average Bonchev–Trinajstić information content (AvgIpc) is 3.57. The number of nitrogens with zero attached hydrogens (tertiary/aromatic N) is 5. The Hall–Kier alpha value is -3.86. The first-order valence-corrected chi connectivity index (χ1v) is 11.1. The van der Waals surface area contributed by atoms with Gasteiger partial charge in [-0.2, -0.15) is 5.10 Å². The number of alkyl halides is 2. The van der Waals surface area contributed by atoms with Gasteiger partial charge in [-0.25, -0.2) is 18.2 Å². The first-order valence-electron chi connectivity index (χ1n) is 11.1. The molecular formula is C24H21F3N6O2. The number of benzene rings is 2. The maximum atomic E-state index is 15.6. The van der Waals surface area contributed by atoms with E-state index in [4.69, 9.17) is 0 Å². The van der Waals surface area contributed by atoms with Crippen molar-refractivity contribution in [2.24, 2.45) is 7.05 Å². The third-order valence-electron chi connectivity index (χ3n) is 6.80. The van der Waals surface area contributed by atoms with Gasteiger partial charge >= 0.3 is 0 Å². The summed E-state index contributed by atoms with van der Waals surface area (Å²) in [6.45, 7) is -0.727. The molecule has 0 bridgehead atoms. The number of aromatic amines is 1. The van der Waals surface area contributed by atoms with E-state index in [2.05, 4.69) is 15.1 Å². The zero-order chi connectivity index (χ0) is 24.5. The number of hydrogen-bond acceptors (Lipinski definition) is 5. The second-order valence-electron chi connectivity index (χ2n) is 8.91. The van der Waals surface area contributed by atoms with Crippen molar-refractivity contribution in [3.63, 3.8) is 0 Å². The van der Waals surface area contributed by atoms with Crippen LogP contribution in [0, 0.1) is 5.82 Å².